The van der Waals surface area contributed by atoms with Gasteiger partial charge in [0, 0.05) is 42.3 Å². The molecule has 6 rings (SSSR count). The van der Waals surface area contributed by atoms with Crippen LogP contribution < -0.4 is 20.3 Å². The van der Waals surface area contributed by atoms with Gasteiger partial charge in [0.1, 0.15) is 17.4 Å². The van der Waals surface area contributed by atoms with Crippen molar-refractivity contribution in [2.45, 2.75) is 29.8 Å². The van der Waals surface area contributed by atoms with E-state index in [-0.39, 0.29) is 0 Å². The molecule has 2 N–H and O–H groups in total. The number of piperidine rings is 1. The van der Waals surface area contributed by atoms with Crippen LogP contribution >= 0.6 is 11.6 Å². The van der Waals surface area contributed by atoms with Gasteiger partial charge < -0.3 is 25.2 Å². The van der Waals surface area contributed by atoms with Crippen molar-refractivity contribution in [2.24, 2.45) is 0 Å². The molecule has 4 heterocycles. The molecule has 1 unspecified atom stereocenters. The molecule has 3 aliphatic heterocycles. The Bertz CT molecular complexity index is 1430. The number of anilines is 5. The third-order valence-electron chi connectivity index (χ3n) is 8.16. The first kappa shape index (κ1) is 27.3. The Hall–Kier alpha value is -2.92. The van der Waals surface area contributed by atoms with Crippen LogP contribution in [0.5, 0.6) is 5.75 Å². The molecular formula is C29H38ClN7O2S. The van der Waals surface area contributed by atoms with E-state index < -0.39 is 9.93 Å². The Morgan fingerprint density at radius 2 is 1.82 bits per heavy atom. The predicted octanol–water partition coefficient (Wildman–Crippen LogP) is 4.23. The van der Waals surface area contributed by atoms with E-state index in [1.54, 1.807) is 18.7 Å². The highest BCUT2D eigenvalue weighted by Gasteiger charge is 2.36. The summed E-state index contributed by atoms with van der Waals surface area (Å²) < 4.78 is 19.1. The number of piperazine rings is 1. The highest BCUT2D eigenvalue weighted by atomic mass is 35.5. The summed E-state index contributed by atoms with van der Waals surface area (Å²) in [6.45, 7) is 6.21. The summed E-state index contributed by atoms with van der Waals surface area (Å²) in [4.78, 5) is 17.3. The number of likely N-dealkylation sites (tertiary alicyclic amines) is 1. The molecule has 40 heavy (non-hydrogen) atoms. The van der Waals surface area contributed by atoms with E-state index in [1.165, 1.54) is 25.9 Å². The maximum atomic E-state index is 12.8. The molecule has 0 aliphatic carbocycles. The van der Waals surface area contributed by atoms with Gasteiger partial charge in [-0.2, -0.15) is 4.98 Å². The van der Waals surface area contributed by atoms with Crippen molar-refractivity contribution in [3.05, 3.63) is 53.7 Å². The number of thiol groups is 1. The number of nitrogens with one attached hydrogen (secondary N) is 2. The first-order valence-electron chi connectivity index (χ1n) is 13.9. The van der Waals surface area contributed by atoms with E-state index in [1.807, 2.05) is 36.4 Å². The van der Waals surface area contributed by atoms with Crippen molar-refractivity contribution < 1.29 is 8.95 Å². The summed E-state index contributed by atoms with van der Waals surface area (Å²) in [6.07, 6.45) is 7.56. The number of aromatic nitrogens is 2. The minimum atomic E-state index is -2.50. The fourth-order valence-electron chi connectivity index (χ4n) is 5.98. The lowest BCUT2D eigenvalue weighted by Crippen LogP contribution is -2.60. The van der Waals surface area contributed by atoms with Crippen molar-refractivity contribution in [3.63, 3.8) is 0 Å². The van der Waals surface area contributed by atoms with Crippen LogP contribution in [0.4, 0.5) is 28.8 Å². The number of benzene rings is 2. The Morgan fingerprint density at radius 1 is 1.02 bits per heavy atom. The standard InChI is InChI=1S/C29H38ClN7O2S/c1-35-12-10-21(11-13-35)36-14-15-37-22(18-36)19-39-26-16-20(8-9-25(26)37)32-29-31-17-23(30)28(34-29)33-24-6-4-5-7-27(24)40(2,3)38/h4-9,16-17,21-22,40H,10-15,18-19H2,1-3H3,(H2,31,32,33,34). The average Bonchev–Trinajstić information content (AvgIpc) is 2.94. The lowest BCUT2D eigenvalue weighted by molar-refractivity contribution is 0.0868. The summed E-state index contributed by atoms with van der Waals surface area (Å²) in [5.41, 5.74) is 2.70. The van der Waals surface area contributed by atoms with E-state index in [0.29, 0.717) is 35.5 Å². The Balaban J connectivity index is 1.15. The number of fused-ring (bicyclic) bond motifs is 3. The molecule has 0 saturated carbocycles. The number of halogens is 1. The van der Waals surface area contributed by atoms with E-state index >= 15 is 0 Å². The van der Waals surface area contributed by atoms with E-state index in [2.05, 4.69) is 48.4 Å². The highest BCUT2D eigenvalue weighted by Crippen LogP contribution is 2.38. The largest absolute Gasteiger partial charge is 0.489 e. The molecule has 11 heteroatoms. The van der Waals surface area contributed by atoms with Crippen LogP contribution in [0.2, 0.25) is 5.02 Å². The van der Waals surface area contributed by atoms with E-state index in [9.17, 15) is 4.21 Å². The topological polar surface area (TPSA) is 85.9 Å². The smallest absolute Gasteiger partial charge is 0.229 e. The second-order valence-corrected chi connectivity index (χ2v) is 15.0. The second-order valence-electron chi connectivity index (χ2n) is 11.4. The predicted molar refractivity (Wildman–Crippen MR) is 165 cm³/mol. The monoisotopic (exact) mass is 583 g/mol. The average molecular weight is 584 g/mol. The first-order valence-corrected chi connectivity index (χ1v) is 16.9. The molecule has 9 nitrogen and oxygen atoms in total. The fourth-order valence-corrected chi connectivity index (χ4v) is 7.28. The molecule has 2 saturated heterocycles. The van der Waals surface area contributed by atoms with Crippen LogP contribution in [0.1, 0.15) is 12.8 Å². The van der Waals surface area contributed by atoms with Gasteiger partial charge in [-0.1, -0.05) is 33.7 Å². The van der Waals surface area contributed by atoms with Gasteiger partial charge in [-0.05, 0) is 69.8 Å². The zero-order valence-electron chi connectivity index (χ0n) is 23.3. The molecule has 0 bridgehead atoms. The maximum Gasteiger partial charge on any atom is 0.229 e. The number of rotatable bonds is 6. The third-order valence-corrected chi connectivity index (χ3v) is 9.98. The van der Waals surface area contributed by atoms with Gasteiger partial charge in [0.25, 0.3) is 0 Å². The van der Waals surface area contributed by atoms with Gasteiger partial charge in [0.2, 0.25) is 5.95 Å². The van der Waals surface area contributed by atoms with Gasteiger partial charge >= 0.3 is 0 Å². The van der Waals surface area contributed by atoms with Crippen molar-refractivity contribution in [2.75, 3.05) is 74.4 Å². The van der Waals surface area contributed by atoms with Gasteiger partial charge in [0.15, 0.2) is 5.82 Å². The Morgan fingerprint density at radius 3 is 2.62 bits per heavy atom. The lowest BCUT2D eigenvalue weighted by atomic mass is 10.00. The highest BCUT2D eigenvalue weighted by molar-refractivity contribution is 8.01. The summed E-state index contributed by atoms with van der Waals surface area (Å²) in [6, 6.07) is 14.8. The van der Waals surface area contributed by atoms with Gasteiger partial charge in [-0.3, -0.25) is 9.11 Å². The molecule has 0 amide bonds. The van der Waals surface area contributed by atoms with Crippen molar-refractivity contribution in [1.82, 2.24) is 19.8 Å². The van der Waals surface area contributed by atoms with Crippen LogP contribution in [-0.4, -0.2) is 95.0 Å². The molecule has 2 fully saturated rings. The minimum Gasteiger partial charge on any atom is -0.489 e. The van der Waals surface area contributed by atoms with Crippen molar-refractivity contribution in [3.8, 4) is 5.75 Å². The summed E-state index contributed by atoms with van der Waals surface area (Å²) in [5.74, 6) is 1.72. The number of para-hydroxylation sites is 1. The fraction of sp³-hybridized carbons (Fsp3) is 0.448. The molecule has 3 aliphatic rings. The number of nitrogens with zero attached hydrogens (tertiary/aromatic N) is 5. The molecule has 0 radical (unpaired) electrons. The van der Waals surface area contributed by atoms with Gasteiger partial charge in [-0.25, -0.2) is 4.98 Å². The Labute approximate surface area is 242 Å². The van der Waals surface area contributed by atoms with E-state index in [4.69, 9.17) is 16.3 Å². The number of hydrogen-bond acceptors (Lipinski definition) is 9. The number of hydrogen-bond donors (Lipinski definition) is 3. The zero-order valence-corrected chi connectivity index (χ0v) is 25.0. The van der Waals surface area contributed by atoms with Crippen LogP contribution in [0.25, 0.3) is 0 Å². The Kier molecular flexibility index (Phi) is 7.60. The molecule has 1 atom stereocenters. The summed E-state index contributed by atoms with van der Waals surface area (Å²) >= 11 is 6.43. The van der Waals surface area contributed by atoms with Gasteiger partial charge in [0.05, 0.1) is 23.6 Å². The molecule has 0 spiro atoms. The first-order chi connectivity index (χ1) is 19.2. The van der Waals surface area contributed by atoms with Crippen LogP contribution in [0.3, 0.4) is 0 Å². The second kappa shape index (κ2) is 11.2. The maximum absolute atomic E-state index is 12.8. The summed E-state index contributed by atoms with van der Waals surface area (Å²) in [5, 5.41) is 6.92. The molecule has 3 aromatic rings. The van der Waals surface area contributed by atoms with E-state index in [0.717, 1.165) is 47.3 Å². The summed E-state index contributed by atoms with van der Waals surface area (Å²) in [7, 11) is -0.278. The minimum absolute atomic E-state index is 0.373. The number of ether oxygens (including phenoxy) is 1. The molecule has 1 aromatic heterocycles. The van der Waals surface area contributed by atoms with Crippen LogP contribution in [-0.2, 0) is 9.93 Å². The normalized spacial score (nSPS) is 20.8. The van der Waals surface area contributed by atoms with Crippen LogP contribution in [0.15, 0.2) is 53.6 Å². The SMILES string of the molecule is CN1CCC(N2CCN3c4ccc(Nc5ncc(Cl)c(Nc6ccccc6[SH](C)(C)=O)n5)cc4OCC3C2)CC1. The lowest BCUT2D eigenvalue weighted by Gasteiger charge is -2.48. The molecule has 214 valence electrons. The van der Waals surface area contributed by atoms with Crippen LogP contribution in [0, 0.1) is 0 Å². The quantitative estimate of drug-likeness (QED) is 0.369. The van der Waals surface area contributed by atoms with Gasteiger partial charge in [-0.15, -0.1) is 0 Å². The zero-order chi connectivity index (χ0) is 27.9. The molecule has 2 aromatic carbocycles. The molecular weight excluding hydrogens is 546 g/mol. The van der Waals surface area contributed by atoms with Crippen molar-refractivity contribution in [1.29, 1.82) is 0 Å². The third kappa shape index (κ3) is 5.76. The van der Waals surface area contributed by atoms with Crippen molar-refractivity contribution >= 4 is 50.4 Å².